The van der Waals surface area contributed by atoms with Crippen LogP contribution in [0.1, 0.15) is 33.1 Å². The van der Waals surface area contributed by atoms with Crippen LogP contribution in [0.2, 0.25) is 0 Å². The van der Waals surface area contributed by atoms with Crippen LogP contribution >= 0.6 is 22.6 Å². The van der Waals surface area contributed by atoms with Gasteiger partial charge in [0.2, 0.25) is 0 Å². The number of halogens is 1. The smallest absolute Gasteiger partial charge is 0.202 e. The highest BCUT2D eigenvalue weighted by molar-refractivity contribution is 14.1. The first-order chi connectivity index (χ1) is 6.91. The second-order valence-corrected chi connectivity index (χ2v) is 6.65. The first-order valence-corrected chi connectivity index (χ1v) is 8.17. The third kappa shape index (κ3) is 6.70. The molecule has 0 atom stereocenters. The van der Waals surface area contributed by atoms with E-state index < -0.39 is 10.2 Å². The van der Waals surface area contributed by atoms with E-state index in [1.54, 1.807) is 7.05 Å². The van der Waals surface area contributed by atoms with Crippen LogP contribution in [0.3, 0.4) is 0 Å². The summed E-state index contributed by atoms with van der Waals surface area (Å²) in [5, 5.41) is 0. The molecule has 0 amide bonds. The van der Waals surface area contributed by atoms with E-state index in [4.69, 9.17) is 0 Å². The van der Waals surface area contributed by atoms with Crippen LogP contribution in [-0.4, -0.2) is 36.8 Å². The molecule has 0 spiro atoms. The molecule has 0 unspecified atom stereocenters. The molecule has 6 heteroatoms. The summed E-state index contributed by atoms with van der Waals surface area (Å²) in [6, 6.07) is -0.00292. The first kappa shape index (κ1) is 15.6. The molecule has 0 aromatic carbocycles. The van der Waals surface area contributed by atoms with E-state index in [0.29, 0.717) is 6.54 Å². The van der Waals surface area contributed by atoms with Gasteiger partial charge in [-0.2, -0.15) is 12.7 Å². The van der Waals surface area contributed by atoms with Gasteiger partial charge in [0.25, 0.3) is 10.2 Å². The van der Waals surface area contributed by atoms with Crippen LogP contribution in [0.25, 0.3) is 0 Å². The fourth-order valence-electron chi connectivity index (χ4n) is 0.977. The number of nitrogens with one attached hydrogen (secondary N) is 1. The molecule has 1 N–H and O–H groups in total. The van der Waals surface area contributed by atoms with E-state index in [0.717, 1.165) is 23.7 Å². The van der Waals surface area contributed by atoms with Crippen molar-refractivity contribution in [2.45, 2.75) is 39.2 Å². The molecule has 0 heterocycles. The van der Waals surface area contributed by atoms with Crippen LogP contribution < -0.4 is 4.72 Å². The monoisotopic (exact) mass is 348 g/mol. The summed E-state index contributed by atoms with van der Waals surface area (Å²) in [5.41, 5.74) is 0. The molecule has 0 aromatic heterocycles. The standard InChI is InChI=1S/C9H21IN2O2S/c1-9(2)12(3)15(13,14)11-8-6-4-5-7-10/h9,11H,4-8H2,1-3H3. The summed E-state index contributed by atoms with van der Waals surface area (Å²) < 4.78 is 28.3. The van der Waals surface area contributed by atoms with Gasteiger partial charge in [0.05, 0.1) is 0 Å². The molecule has 92 valence electrons. The van der Waals surface area contributed by atoms with Crippen molar-refractivity contribution in [2.75, 3.05) is 18.0 Å². The van der Waals surface area contributed by atoms with Crippen LogP contribution in [-0.2, 0) is 10.2 Å². The van der Waals surface area contributed by atoms with Gasteiger partial charge in [-0.05, 0) is 31.1 Å². The second kappa shape index (κ2) is 7.81. The topological polar surface area (TPSA) is 49.4 Å². The summed E-state index contributed by atoms with van der Waals surface area (Å²) in [6.45, 7) is 4.25. The lowest BCUT2D eigenvalue weighted by Crippen LogP contribution is -2.42. The average molecular weight is 348 g/mol. The number of unbranched alkanes of at least 4 members (excludes halogenated alkanes) is 2. The van der Waals surface area contributed by atoms with Gasteiger partial charge in [-0.3, -0.25) is 0 Å². The van der Waals surface area contributed by atoms with E-state index in [1.807, 2.05) is 13.8 Å². The minimum absolute atomic E-state index is 0.00292. The molecule has 0 radical (unpaired) electrons. The molecule has 0 saturated carbocycles. The van der Waals surface area contributed by atoms with Gasteiger partial charge in [-0.25, -0.2) is 4.72 Å². The normalized spacial score (nSPS) is 12.7. The lowest BCUT2D eigenvalue weighted by atomic mass is 10.3. The number of hydrogen-bond acceptors (Lipinski definition) is 2. The van der Waals surface area contributed by atoms with Crippen molar-refractivity contribution in [1.29, 1.82) is 0 Å². The quantitative estimate of drug-likeness (QED) is 0.413. The second-order valence-electron chi connectivity index (χ2n) is 3.76. The lowest BCUT2D eigenvalue weighted by molar-refractivity contribution is 0.402. The molecular formula is C9H21IN2O2S. The van der Waals surface area contributed by atoms with Gasteiger partial charge in [-0.1, -0.05) is 29.0 Å². The van der Waals surface area contributed by atoms with Crippen molar-refractivity contribution in [2.24, 2.45) is 0 Å². The van der Waals surface area contributed by atoms with Crippen LogP contribution in [0.15, 0.2) is 0 Å². The zero-order valence-electron chi connectivity index (χ0n) is 9.66. The third-order valence-electron chi connectivity index (χ3n) is 2.20. The van der Waals surface area contributed by atoms with Crippen molar-refractivity contribution in [1.82, 2.24) is 9.03 Å². The highest BCUT2D eigenvalue weighted by Gasteiger charge is 2.18. The fourth-order valence-corrected chi connectivity index (χ4v) is 2.68. The molecule has 0 aliphatic rings. The van der Waals surface area contributed by atoms with Gasteiger partial charge in [0.15, 0.2) is 0 Å². The highest BCUT2D eigenvalue weighted by Crippen LogP contribution is 2.02. The van der Waals surface area contributed by atoms with Crippen LogP contribution in [0.4, 0.5) is 0 Å². The number of alkyl halides is 1. The summed E-state index contributed by atoms with van der Waals surface area (Å²) in [7, 11) is -1.67. The summed E-state index contributed by atoms with van der Waals surface area (Å²) in [6.07, 6.45) is 3.15. The molecule has 0 saturated heterocycles. The summed E-state index contributed by atoms with van der Waals surface area (Å²) in [4.78, 5) is 0. The zero-order valence-corrected chi connectivity index (χ0v) is 12.6. The number of rotatable bonds is 8. The van der Waals surface area contributed by atoms with Gasteiger partial charge in [0.1, 0.15) is 0 Å². The van der Waals surface area contributed by atoms with Crippen molar-refractivity contribution in [3.63, 3.8) is 0 Å². The largest absolute Gasteiger partial charge is 0.279 e. The number of nitrogens with zero attached hydrogens (tertiary/aromatic N) is 1. The SMILES string of the molecule is CC(C)N(C)S(=O)(=O)NCCCCCI. The molecule has 0 rings (SSSR count). The van der Waals surface area contributed by atoms with Gasteiger partial charge >= 0.3 is 0 Å². The molecule has 0 aliphatic heterocycles. The molecule has 4 nitrogen and oxygen atoms in total. The Morgan fingerprint density at radius 1 is 1.27 bits per heavy atom. The van der Waals surface area contributed by atoms with Crippen molar-refractivity contribution < 1.29 is 8.42 Å². The Hall–Kier alpha value is 0.600. The number of hydrogen-bond donors (Lipinski definition) is 1. The lowest BCUT2D eigenvalue weighted by Gasteiger charge is -2.21. The van der Waals surface area contributed by atoms with Gasteiger partial charge in [-0.15, -0.1) is 0 Å². The Morgan fingerprint density at radius 3 is 2.33 bits per heavy atom. The van der Waals surface area contributed by atoms with Crippen LogP contribution in [0.5, 0.6) is 0 Å². The highest BCUT2D eigenvalue weighted by atomic mass is 127. The average Bonchev–Trinajstić information content (AvgIpc) is 2.16. The van der Waals surface area contributed by atoms with E-state index in [1.165, 1.54) is 4.31 Å². The predicted molar refractivity (Wildman–Crippen MR) is 72.6 cm³/mol. The van der Waals surface area contributed by atoms with Gasteiger partial charge in [0, 0.05) is 19.6 Å². The Labute approximate surface area is 107 Å². The Bertz CT molecular complexity index is 255. The molecule has 0 aliphatic carbocycles. The molecule has 0 fully saturated rings. The van der Waals surface area contributed by atoms with E-state index in [2.05, 4.69) is 27.3 Å². The van der Waals surface area contributed by atoms with Crippen molar-refractivity contribution >= 4 is 32.8 Å². The zero-order chi connectivity index (χ0) is 11.9. The molecule has 0 bridgehead atoms. The van der Waals surface area contributed by atoms with Crippen LogP contribution in [0, 0.1) is 0 Å². The Balaban J connectivity index is 3.85. The Kier molecular flexibility index (Phi) is 8.12. The maximum Gasteiger partial charge on any atom is 0.279 e. The van der Waals surface area contributed by atoms with E-state index >= 15 is 0 Å². The maximum atomic E-state index is 11.6. The predicted octanol–water partition coefficient (Wildman–Crippen LogP) is 1.77. The van der Waals surface area contributed by atoms with Crippen molar-refractivity contribution in [3.05, 3.63) is 0 Å². The minimum atomic E-state index is -3.27. The maximum absolute atomic E-state index is 11.6. The van der Waals surface area contributed by atoms with Gasteiger partial charge < -0.3 is 0 Å². The van der Waals surface area contributed by atoms with E-state index in [-0.39, 0.29) is 6.04 Å². The molecular weight excluding hydrogens is 327 g/mol. The molecule has 15 heavy (non-hydrogen) atoms. The third-order valence-corrected chi connectivity index (χ3v) is 4.71. The Morgan fingerprint density at radius 2 is 1.87 bits per heavy atom. The minimum Gasteiger partial charge on any atom is -0.202 e. The summed E-state index contributed by atoms with van der Waals surface area (Å²) in [5.74, 6) is 0. The summed E-state index contributed by atoms with van der Waals surface area (Å²) >= 11 is 2.33. The first-order valence-electron chi connectivity index (χ1n) is 5.20. The van der Waals surface area contributed by atoms with E-state index in [9.17, 15) is 8.42 Å². The van der Waals surface area contributed by atoms with Crippen molar-refractivity contribution in [3.8, 4) is 0 Å². The molecule has 0 aromatic rings. The fraction of sp³-hybridized carbons (Fsp3) is 1.00.